The lowest BCUT2D eigenvalue weighted by Gasteiger charge is -2.14. The number of halogens is 1. The highest BCUT2D eigenvalue weighted by molar-refractivity contribution is 9.10. The molecule has 0 saturated carbocycles. The third-order valence-electron chi connectivity index (χ3n) is 4.76. The third-order valence-corrected chi connectivity index (χ3v) is 5.46. The highest BCUT2D eigenvalue weighted by Gasteiger charge is 2.15. The molecule has 0 fully saturated rings. The Labute approximate surface area is 208 Å². The third kappa shape index (κ3) is 8.18. The predicted molar refractivity (Wildman–Crippen MR) is 140 cm³/mol. The highest BCUT2D eigenvalue weighted by Crippen LogP contribution is 2.25. The quantitative estimate of drug-likeness (QED) is 0.214. The van der Waals surface area contributed by atoms with Crippen molar-refractivity contribution in [2.24, 2.45) is 0 Å². The number of benzene rings is 3. The van der Waals surface area contributed by atoms with Gasteiger partial charge in [-0.2, -0.15) is 0 Å². The van der Waals surface area contributed by atoms with E-state index in [1.807, 2.05) is 60.7 Å². The highest BCUT2D eigenvalue weighted by atomic mass is 79.9. The number of hydrogen-bond acceptors (Lipinski definition) is 4. The van der Waals surface area contributed by atoms with Crippen LogP contribution < -0.4 is 20.1 Å². The molecule has 0 aliphatic heterocycles. The molecule has 1 amide bonds. The molecule has 0 aromatic heterocycles. The second-order valence-electron chi connectivity index (χ2n) is 7.40. The van der Waals surface area contributed by atoms with E-state index in [4.69, 9.17) is 21.7 Å². The molecule has 0 radical (unpaired) electrons. The number of nitrogens with one attached hydrogen (secondary N) is 2. The molecule has 0 unspecified atom stereocenters. The smallest absolute Gasteiger partial charge is 0.261 e. The summed E-state index contributed by atoms with van der Waals surface area (Å²) in [7, 11) is 0. The summed E-state index contributed by atoms with van der Waals surface area (Å²) < 4.78 is 12.4. The van der Waals surface area contributed by atoms with Crippen molar-refractivity contribution in [3.8, 4) is 17.2 Å². The Morgan fingerprint density at radius 1 is 0.939 bits per heavy atom. The number of thiocarbonyl (C=S) groups is 1. The van der Waals surface area contributed by atoms with Gasteiger partial charge in [-0.25, -0.2) is 0 Å². The number of carbonyl (C=O) groups is 1. The molecule has 0 aliphatic carbocycles. The number of ether oxygens (including phenoxy) is 2. The molecular weight excluding hydrogens is 500 g/mol. The minimum atomic E-state index is -0.332. The maximum absolute atomic E-state index is 12.9. The van der Waals surface area contributed by atoms with E-state index in [9.17, 15) is 4.79 Å². The van der Waals surface area contributed by atoms with Gasteiger partial charge in [-0.3, -0.25) is 10.1 Å². The van der Waals surface area contributed by atoms with Crippen molar-refractivity contribution in [2.45, 2.75) is 32.6 Å². The van der Waals surface area contributed by atoms with E-state index < -0.39 is 0 Å². The average Bonchev–Trinajstić information content (AvgIpc) is 2.81. The van der Waals surface area contributed by atoms with Crippen molar-refractivity contribution in [2.75, 3.05) is 11.9 Å². The Balaban J connectivity index is 1.55. The van der Waals surface area contributed by atoms with Crippen LogP contribution in [0.4, 0.5) is 5.69 Å². The van der Waals surface area contributed by atoms with Crippen molar-refractivity contribution in [1.82, 2.24) is 5.32 Å². The van der Waals surface area contributed by atoms with Gasteiger partial charge in [-0.1, -0.05) is 60.3 Å². The molecule has 3 aromatic carbocycles. The molecule has 33 heavy (non-hydrogen) atoms. The lowest BCUT2D eigenvalue weighted by molar-refractivity contribution is 0.0973. The molecule has 0 heterocycles. The molecule has 0 spiro atoms. The van der Waals surface area contributed by atoms with Gasteiger partial charge in [0.05, 0.1) is 12.2 Å². The lowest BCUT2D eigenvalue weighted by Crippen LogP contribution is -2.34. The number of anilines is 1. The zero-order chi connectivity index (χ0) is 23.5. The maximum Gasteiger partial charge on any atom is 0.261 e. The number of unbranched alkanes of at least 4 members (excludes halogenated alkanes) is 3. The molecule has 0 aliphatic rings. The second kappa shape index (κ2) is 13.0. The van der Waals surface area contributed by atoms with Gasteiger partial charge in [0.2, 0.25) is 0 Å². The second-order valence-corrected chi connectivity index (χ2v) is 8.72. The fourth-order valence-electron chi connectivity index (χ4n) is 3.08. The topological polar surface area (TPSA) is 59.6 Å². The van der Waals surface area contributed by atoms with Crippen molar-refractivity contribution in [3.05, 3.63) is 82.8 Å². The summed E-state index contributed by atoms with van der Waals surface area (Å²) in [5, 5.41) is 5.95. The Hall–Kier alpha value is -2.90. The molecule has 5 nitrogen and oxygen atoms in total. The monoisotopic (exact) mass is 526 g/mol. The predicted octanol–water partition coefficient (Wildman–Crippen LogP) is 7.33. The van der Waals surface area contributed by atoms with Crippen LogP contribution >= 0.6 is 28.1 Å². The van der Waals surface area contributed by atoms with E-state index in [0.29, 0.717) is 23.7 Å². The van der Waals surface area contributed by atoms with Crippen LogP contribution in [0.25, 0.3) is 0 Å². The summed E-state index contributed by atoms with van der Waals surface area (Å²) in [6.07, 6.45) is 4.40. The zero-order valence-electron chi connectivity index (χ0n) is 18.5. The lowest BCUT2D eigenvalue weighted by atomic mass is 10.2. The normalized spacial score (nSPS) is 10.4. The number of hydrogen-bond donors (Lipinski definition) is 2. The maximum atomic E-state index is 12.9. The first kappa shape index (κ1) is 24.7. The van der Waals surface area contributed by atoms with Gasteiger partial charge in [0.25, 0.3) is 5.91 Å². The minimum Gasteiger partial charge on any atom is -0.493 e. The molecule has 2 N–H and O–H groups in total. The van der Waals surface area contributed by atoms with E-state index in [-0.39, 0.29) is 11.0 Å². The van der Waals surface area contributed by atoms with E-state index in [1.165, 1.54) is 12.8 Å². The Morgan fingerprint density at radius 2 is 1.67 bits per heavy atom. The fraction of sp³-hybridized carbons (Fsp3) is 0.231. The van der Waals surface area contributed by atoms with Gasteiger partial charge >= 0.3 is 0 Å². The van der Waals surface area contributed by atoms with E-state index >= 15 is 0 Å². The fourth-order valence-corrected chi connectivity index (χ4v) is 3.65. The number of rotatable bonds is 10. The first-order chi connectivity index (χ1) is 16.0. The number of amides is 1. The van der Waals surface area contributed by atoms with Gasteiger partial charge in [0.15, 0.2) is 5.11 Å². The van der Waals surface area contributed by atoms with Crippen LogP contribution in [-0.2, 0) is 0 Å². The summed E-state index contributed by atoms with van der Waals surface area (Å²) in [6, 6.07) is 22.3. The summed E-state index contributed by atoms with van der Waals surface area (Å²) in [4.78, 5) is 12.9. The van der Waals surface area contributed by atoms with Gasteiger partial charge in [-0.15, -0.1) is 0 Å². The van der Waals surface area contributed by atoms with Crippen molar-refractivity contribution >= 4 is 44.9 Å². The molecule has 3 rings (SSSR count). The molecule has 172 valence electrons. The molecule has 3 aromatic rings. The zero-order valence-corrected chi connectivity index (χ0v) is 20.9. The molecule has 0 bridgehead atoms. The summed E-state index contributed by atoms with van der Waals surface area (Å²) in [5.74, 6) is 1.67. The van der Waals surface area contributed by atoms with Crippen LogP contribution in [0.1, 0.15) is 43.0 Å². The van der Waals surface area contributed by atoms with Crippen molar-refractivity contribution in [3.63, 3.8) is 0 Å². The first-order valence-electron chi connectivity index (χ1n) is 10.9. The molecule has 0 saturated heterocycles. The summed E-state index contributed by atoms with van der Waals surface area (Å²) >= 11 is 8.76. The first-order valence-corrected chi connectivity index (χ1v) is 12.1. The van der Waals surface area contributed by atoms with Crippen LogP contribution in [0.2, 0.25) is 0 Å². The number of carbonyl (C=O) groups excluding carboxylic acids is 1. The number of para-hydroxylation sites is 1. The van der Waals surface area contributed by atoms with E-state index in [1.54, 1.807) is 12.1 Å². The van der Waals surface area contributed by atoms with Crippen molar-refractivity contribution < 1.29 is 14.3 Å². The minimum absolute atomic E-state index is 0.200. The standard InChI is InChI=1S/C26H27BrN2O3S/c1-2-3-4-8-17-31-24-16-11-19(27)18-23(24)25(30)29-26(33)28-20-12-14-22(15-13-20)32-21-9-6-5-7-10-21/h5-7,9-16,18H,2-4,8,17H2,1H3,(H2,28,29,30,33). The molecular formula is C26H27BrN2O3S. The Kier molecular flexibility index (Phi) is 9.72. The van der Waals surface area contributed by atoms with Gasteiger partial charge in [-0.05, 0) is 73.2 Å². The SMILES string of the molecule is CCCCCCOc1ccc(Br)cc1C(=O)NC(=S)Nc1ccc(Oc2ccccc2)cc1. The van der Waals surface area contributed by atoms with Crippen LogP contribution in [0.15, 0.2) is 77.3 Å². The van der Waals surface area contributed by atoms with Crippen LogP contribution in [0.5, 0.6) is 17.2 Å². The Bertz CT molecular complexity index is 1060. The van der Waals surface area contributed by atoms with Gasteiger partial charge < -0.3 is 14.8 Å². The Morgan fingerprint density at radius 3 is 2.39 bits per heavy atom. The summed E-state index contributed by atoms with van der Waals surface area (Å²) in [6.45, 7) is 2.74. The van der Waals surface area contributed by atoms with Crippen LogP contribution in [0.3, 0.4) is 0 Å². The van der Waals surface area contributed by atoms with Gasteiger partial charge in [0.1, 0.15) is 17.2 Å². The molecule has 7 heteroatoms. The molecule has 0 atom stereocenters. The van der Waals surface area contributed by atoms with E-state index in [0.717, 1.165) is 28.8 Å². The summed E-state index contributed by atoms with van der Waals surface area (Å²) in [5.41, 5.74) is 1.16. The van der Waals surface area contributed by atoms with Crippen molar-refractivity contribution in [1.29, 1.82) is 0 Å². The average molecular weight is 527 g/mol. The van der Waals surface area contributed by atoms with Crippen LogP contribution in [-0.4, -0.2) is 17.6 Å². The van der Waals surface area contributed by atoms with Crippen LogP contribution in [0, 0.1) is 0 Å². The van der Waals surface area contributed by atoms with Gasteiger partial charge in [0, 0.05) is 10.2 Å². The largest absolute Gasteiger partial charge is 0.493 e. The van der Waals surface area contributed by atoms with E-state index in [2.05, 4.69) is 33.5 Å².